The molecule has 0 saturated carbocycles. The highest BCUT2D eigenvalue weighted by molar-refractivity contribution is 8.26. The van der Waals surface area contributed by atoms with E-state index in [1.807, 2.05) is 0 Å². The summed E-state index contributed by atoms with van der Waals surface area (Å²) in [5.74, 6) is 15.1. The van der Waals surface area contributed by atoms with Gasteiger partial charge in [0.2, 0.25) is 0 Å². The van der Waals surface area contributed by atoms with Crippen LogP contribution in [0.2, 0.25) is 0 Å². The van der Waals surface area contributed by atoms with Gasteiger partial charge in [0.25, 0.3) is 0 Å². The Morgan fingerprint density at radius 2 is 0.938 bits per heavy atom. The third-order valence-electron chi connectivity index (χ3n) is 3.65. The Balaban J connectivity index is 2.47. The molecule has 6 nitrogen and oxygen atoms in total. The van der Waals surface area contributed by atoms with Crippen molar-refractivity contribution in [3.63, 3.8) is 0 Å². The summed E-state index contributed by atoms with van der Waals surface area (Å²) in [4.78, 5) is 0. The van der Waals surface area contributed by atoms with Gasteiger partial charge in [-0.1, -0.05) is 0 Å². The topological polar surface area (TPSA) is 71.1 Å². The number of rotatable bonds is 10. The maximum atomic E-state index is 13.4. The van der Waals surface area contributed by atoms with Gasteiger partial charge in [0.05, 0.1) is 34.9 Å². The molecule has 0 amide bonds. The summed E-state index contributed by atoms with van der Waals surface area (Å²) in [6, 6.07) is 0. The van der Waals surface area contributed by atoms with Gasteiger partial charge in [-0.05, 0) is 51.4 Å². The molecule has 2 aliphatic heterocycles. The van der Waals surface area contributed by atoms with E-state index >= 15 is 0 Å². The fourth-order valence-electron chi connectivity index (χ4n) is 2.55. The zero-order valence-corrected chi connectivity index (χ0v) is 23.7. The Bertz CT molecular complexity index is 829. The lowest BCUT2D eigenvalue weighted by Gasteiger charge is -2.18. The molecule has 2 heterocycles. The van der Waals surface area contributed by atoms with Crippen molar-refractivity contribution in [3.05, 3.63) is 19.1 Å². The van der Waals surface area contributed by atoms with Crippen LogP contribution in [0.25, 0.3) is 0 Å². The van der Waals surface area contributed by atoms with Crippen LogP contribution in [0.15, 0.2) is 19.1 Å². The van der Waals surface area contributed by atoms with Crippen molar-refractivity contribution in [1.82, 2.24) is 0 Å². The van der Waals surface area contributed by atoms with E-state index in [4.69, 9.17) is 18.1 Å². The van der Waals surface area contributed by atoms with Gasteiger partial charge in [0, 0.05) is 23.0 Å². The lowest BCUT2D eigenvalue weighted by molar-refractivity contribution is 0.226. The minimum Gasteiger partial charge on any atom is -0.305 e. The van der Waals surface area contributed by atoms with Crippen molar-refractivity contribution in [2.45, 2.75) is 27.7 Å². The van der Waals surface area contributed by atoms with Crippen LogP contribution in [0.1, 0.15) is 27.7 Å². The molecule has 0 aromatic carbocycles. The van der Waals surface area contributed by atoms with Crippen LogP contribution in [0.3, 0.4) is 0 Å². The Hall–Kier alpha value is 0.300. The molecule has 0 atom stereocenters. The predicted molar refractivity (Wildman–Crippen MR) is 141 cm³/mol. The number of hydrogen-bond acceptors (Lipinski definition) is 10. The van der Waals surface area contributed by atoms with Gasteiger partial charge in [0.15, 0.2) is 0 Å². The van der Waals surface area contributed by atoms with Gasteiger partial charge < -0.3 is 18.1 Å². The third kappa shape index (κ3) is 7.92. The second kappa shape index (κ2) is 14.6. The smallest absolute Gasteiger partial charge is 0.305 e. The normalized spacial score (nSPS) is 16.4. The molecule has 2 aliphatic rings. The molecule has 0 aromatic rings. The van der Waals surface area contributed by atoms with Crippen LogP contribution >= 0.6 is 62.2 Å². The average Bonchev–Trinajstić information content (AvgIpc) is 3.45. The maximum Gasteiger partial charge on any atom is 0.371 e. The maximum absolute atomic E-state index is 13.4. The van der Waals surface area contributed by atoms with Crippen molar-refractivity contribution in [2.75, 3.05) is 49.4 Å². The predicted octanol–water partition coefficient (Wildman–Crippen LogP) is 6.82. The van der Waals surface area contributed by atoms with Crippen molar-refractivity contribution < 1.29 is 27.2 Å². The van der Waals surface area contributed by atoms with E-state index in [-0.39, 0.29) is 26.4 Å². The van der Waals surface area contributed by atoms with Crippen molar-refractivity contribution in [1.29, 1.82) is 0 Å². The lowest BCUT2D eigenvalue weighted by atomic mass is 10.5. The summed E-state index contributed by atoms with van der Waals surface area (Å²) in [7, 11) is -7.09. The van der Waals surface area contributed by atoms with Crippen LogP contribution < -0.4 is 0 Å². The summed E-state index contributed by atoms with van der Waals surface area (Å²) in [5.41, 5.74) is 0. The van der Waals surface area contributed by atoms with Gasteiger partial charge in [-0.3, -0.25) is 9.13 Å². The van der Waals surface area contributed by atoms with Crippen LogP contribution in [0.5, 0.6) is 0 Å². The molecule has 12 heteroatoms. The zero-order chi connectivity index (χ0) is 23.5. The van der Waals surface area contributed by atoms with E-state index in [9.17, 15) is 9.13 Å². The highest BCUT2D eigenvalue weighted by Crippen LogP contribution is 2.61. The Labute approximate surface area is 208 Å². The lowest BCUT2D eigenvalue weighted by Crippen LogP contribution is -1.99. The summed E-state index contributed by atoms with van der Waals surface area (Å²) in [6.07, 6.45) is 0. The molecule has 0 spiro atoms. The highest BCUT2D eigenvalue weighted by atomic mass is 32.2. The summed E-state index contributed by atoms with van der Waals surface area (Å²) < 4.78 is 50.5. The SMILES string of the molecule is CCOP(=O)(OCC)C(C#CC#CC(=C1SCCS1)P(=O)(OCC)OCC)=C1SCCS1. The molecular weight excluding hydrogens is 526 g/mol. The van der Waals surface area contributed by atoms with Gasteiger partial charge in [-0.25, -0.2) is 0 Å². The Morgan fingerprint density at radius 3 is 1.19 bits per heavy atom. The molecule has 2 fully saturated rings. The van der Waals surface area contributed by atoms with Crippen LogP contribution in [0, 0.1) is 23.7 Å². The second-order valence-electron chi connectivity index (χ2n) is 5.83. The summed E-state index contributed by atoms with van der Waals surface area (Å²) >= 11 is 6.36. The highest BCUT2D eigenvalue weighted by Gasteiger charge is 2.34. The van der Waals surface area contributed by atoms with Gasteiger partial charge in [0.1, 0.15) is 10.6 Å². The molecule has 2 saturated heterocycles. The van der Waals surface area contributed by atoms with E-state index in [1.165, 1.54) is 0 Å². The third-order valence-corrected chi connectivity index (χ3v) is 13.8. The summed E-state index contributed by atoms with van der Waals surface area (Å²) in [6.45, 7) is 8.05. The quantitative estimate of drug-likeness (QED) is 0.212. The Morgan fingerprint density at radius 1 is 0.656 bits per heavy atom. The van der Waals surface area contributed by atoms with E-state index in [1.54, 1.807) is 74.7 Å². The number of hydrogen-bond donors (Lipinski definition) is 0. The standard InChI is InChI=1S/C20H28O6P2S4/c1-5-23-27(21,24-6-2)17(19-29-13-14-30-19)11-9-10-12-18(20-31-15-16-32-20)28(22,25-7-3)26-8-4/h5-8,13-16H2,1-4H3. The van der Waals surface area contributed by atoms with Crippen molar-refractivity contribution in [3.8, 4) is 23.7 Å². The van der Waals surface area contributed by atoms with E-state index in [0.717, 1.165) is 31.5 Å². The van der Waals surface area contributed by atoms with Crippen LogP contribution in [-0.4, -0.2) is 49.4 Å². The Kier molecular flexibility index (Phi) is 13.1. The van der Waals surface area contributed by atoms with Gasteiger partial charge in [-0.15, -0.1) is 47.0 Å². The molecule has 0 bridgehead atoms. The molecule has 178 valence electrons. The van der Waals surface area contributed by atoms with Crippen molar-refractivity contribution in [2.24, 2.45) is 0 Å². The van der Waals surface area contributed by atoms with E-state index in [0.29, 0.717) is 10.6 Å². The van der Waals surface area contributed by atoms with Gasteiger partial charge >= 0.3 is 15.2 Å². The number of thioether (sulfide) groups is 4. The molecule has 0 aromatic heterocycles. The van der Waals surface area contributed by atoms with E-state index < -0.39 is 15.2 Å². The molecule has 0 radical (unpaired) electrons. The second-order valence-corrected chi connectivity index (χ2v) is 14.7. The molecule has 2 rings (SSSR count). The largest absolute Gasteiger partial charge is 0.371 e. The first kappa shape index (κ1) is 28.5. The summed E-state index contributed by atoms with van der Waals surface area (Å²) in [5, 5.41) is 0.694. The van der Waals surface area contributed by atoms with Crippen molar-refractivity contribution >= 4 is 62.2 Å². The first-order valence-electron chi connectivity index (χ1n) is 10.2. The molecule has 0 unspecified atom stereocenters. The first-order valence-corrected chi connectivity index (χ1v) is 17.3. The van der Waals surface area contributed by atoms with Gasteiger partial charge in [-0.2, -0.15) is 0 Å². The first-order chi connectivity index (χ1) is 15.4. The fraction of sp³-hybridized carbons (Fsp3) is 0.600. The number of allylic oxidation sites excluding steroid dienone is 2. The molecule has 32 heavy (non-hydrogen) atoms. The van der Waals surface area contributed by atoms with Crippen LogP contribution in [-0.2, 0) is 27.2 Å². The monoisotopic (exact) mass is 554 g/mol. The van der Waals surface area contributed by atoms with Crippen LogP contribution in [0.4, 0.5) is 0 Å². The fourth-order valence-corrected chi connectivity index (χ4v) is 12.0. The average molecular weight is 555 g/mol. The molecule has 0 aliphatic carbocycles. The molecular formula is C20H28O6P2S4. The zero-order valence-electron chi connectivity index (χ0n) is 18.6. The minimum atomic E-state index is -3.54. The molecule has 0 N–H and O–H groups in total. The minimum absolute atomic E-state index is 0.243. The van der Waals surface area contributed by atoms with E-state index in [2.05, 4.69) is 23.7 Å².